The van der Waals surface area contributed by atoms with Crippen LogP contribution in [0.5, 0.6) is 0 Å². The molecule has 0 saturated heterocycles. The van der Waals surface area contributed by atoms with Gasteiger partial charge in [0, 0.05) is 11.9 Å². The average Bonchev–Trinajstić information content (AvgIpc) is 2.83. The van der Waals surface area contributed by atoms with Gasteiger partial charge in [-0.2, -0.15) is 0 Å². The minimum Gasteiger partial charge on any atom is -0.399 e. The van der Waals surface area contributed by atoms with Gasteiger partial charge in [-0.15, -0.1) is 0 Å². The summed E-state index contributed by atoms with van der Waals surface area (Å²) in [5, 5.41) is 0. The fraction of sp³-hybridized carbons (Fsp3) is 0. The van der Waals surface area contributed by atoms with Gasteiger partial charge in [-0.1, -0.05) is 0 Å². The fourth-order valence-corrected chi connectivity index (χ4v) is 1.69. The highest BCUT2D eigenvalue weighted by atomic mass is 15.1. The van der Waals surface area contributed by atoms with Crippen molar-refractivity contribution in [2.75, 3.05) is 5.73 Å². The number of nitrogens with one attached hydrogen (secondary N) is 1. The molecule has 15 heavy (non-hydrogen) atoms. The normalized spacial score (nSPS) is 10.9. The summed E-state index contributed by atoms with van der Waals surface area (Å²) in [5.41, 5.74) is 8.45. The zero-order valence-corrected chi connectivity index (χ0v) is 8.01. The highest BCUT2D eigenvalue weighted by molar-refractivity contribution is 5.80. The summed E-state index contributed by atoms with van der Waals surface area (Å²) in [6.07, 6.45) is 3.67. The summed E-state index contributed by atoms with van der Waals surface area (Å²) < 4.78 is 1.98. The van der Waals surface area contributed by atoms with Gasteiger partial charge in [0.15, 0.2) is 0 Å². The fourth-order valence-electron chi connectivity index (χ4n) is 1.69. The van der Waals surface area contributed by atoms with Crippen molar-refractivity contribution in [1.82, 2.24) is 14.5 Å². The number of nitrogen functional groups attached to an aromatic ring is 1. The van der Waals surface area contributed by atoms with E-state index in [9.17, 15) is 0 Å². The highest BCUT2D eigenvalue weighted by Crippen LogP contribution is 2.19. The van der Waals surface area contributed by atoms with Crippen LogP contribution in [0, 0.1) is 0 Å². The number of aromatic nitrogens is 3. The van der Waals surface area contributed by atoms with Crippen LogP contribution in [0.25, 0.3) is 16.9 Å². The Hall–Kier alpha value is -2.23. The van der Waals surface area contributed by atoms with E-state index in [1.165, 1.54) is 0 Å². The average molecular weight is 198 g/mol. The second-order valence-corrected chi connectivity index (χ2v) is 3.42. The summed E-state index contributed by atoms with van der Waals surface area (Å²) in [6.45, 7) is 0. The molecular formula is C11H10N4. The van der Waals surface area contributed by atoms with Crippen LogP contribution in [-0.4, -0.2) is 14.5 Å². The topological polar surface area (TPSA) is 59.6 Å². The van der Waals surface area contributed by atoms with Crippen LogP contribution in [0.2, 0.25) is 0 Å². The van der Waals surface area contributed by atoms with Crippen molar-refractivity contribution in [2.24, 2.45) is 0 Å². The Bertz CT molecular complexity index is 592. The van der Waals surface area contributed by atoms with Crippen LogP contribution >= 0.6 is 0 Å². The summed E-state index contributed by atoms with van der Waals surface area (Å²) in [4.78, 5) is 7.44. The largest absolute Gasteiger partial charge is 0.399 e. The number of nitrogens with two attached hydrogens (primary N) is 1. The van der Waals surface area contributed by atoms with Crippen molar-refractivity contribution < 1.29 is 0 Å². The molecule has 0 unspecified atom stereocenters. The molecule has 3 aromatic rings. The Balaban J connectivity index is 2.32. The number of rotatable bonds is 1. The molecule has 0 aliphatic carbocycles. The molecular weight excluding hydrogens is 188 g/mol. The third-order valence-corrected chi connectivity index (χ3v) is 2.41. The van der Waals surface area contributed by atoms with Crippen molar-refractivity contribution in [1.29, 1.82) is 0 Å². The second kappa shape index (κ2) is 2.88. The van der Waals surface area contributed by atoms with Crippen LogP contribution in [0.3, 0.4) is 0 Å². The van der Waals surface area contributed by atoms with Crippen LogP contribution in [-0.2, 0) is 0 Å². The predicted molar refractivity (Wildman–Crippen MR) is 59.8 cm³/mol. The Morgan fingerprint density at radius 3 is 3.00 bits per heavy atom. The molecule has 0 spiro atoms. The first-order chi connectivity index (χ1) is 7.34. The zero-order chi connectivity index (χ0) is 10.3. The van der Waals surface area contributed by atoms with E-state index in [2.05, 4.69) is 9.97 Å². The van der Waals surface area contributed by atoms with Crippen molar-refractivity contribution in [2.45, 2.75) is 0 Å². The quantitative estimate of drug-likeness (QED) is 0.587. The summed E-state index contributed by atoms with van der Waals surface area (Å²) in [6, 6.07) is 9.64. The molecule has 0 saturated carbocycles. The minimum absolute atomic E-state index is 0.746. The minimum atomic E-state index is 0.746. The number of nitrogens with zero attached hydrogens (tertiary/aromatic N) is 2. The Morgan fingerprint density at radius 2 is 2.20 bits per heavy atom. The predicted octanol–water partition coefficient (Wildman–Crippen LogP) is 1.94. The Morgan fingerprint density at radius 1 is 1.27 bits per heavy atom. The van der Waals surface area contributed by atoms with Gasteiger partial charge in [0.25, 0.3) is 0 Å². The number of benzene rings is 1. The van der Waals surface area contributed by atoms with E-state index < -0.39 is 0 Å². The number of aromatic amines is 1. The van der Waals surface area contributed by atoms with Crippen molar-refractivity contribution in [3.63, 3.8) is 0 Å². The van der Waals surface area contributed by atoms with Gasteiger partial charge in [0.2, 0.25) is 0 Å². The molecule has 2 aromatic heterocycles. The Kier molecular flexibility index (Phi) is 1.56. The van der Waals surface area contributed by atoms with Crippen LogP contribution in [0.15, 0.2) is 42.9 Å². The van der Waals surface area contributed by atoms with Gasteiger partial charge >= 0.3 is 0 Å². The van der Waals surface area contributed by atoms with Crippen molar-refractivity contribution >= 4 is 16.7 Å². The monoisotopic (exact) mass is 198 g/mol. The van der Waals surface area contributed by atoms with Gasteiger partial charge in [0.1, 0.15) is 12.1 Å². The molecule has 0 aliphatic heterocycles. The summed E-state index contributed by atoms with van der Waals surface area (Å²) in [5.74, 6) is 0.989. The van der Waals surface area contributed by atoms with E-state index in [0.29, 0.717) is 0 Å². The SMILES string of the molecule is Nc1ccc2ncn(-c3ccc[nH]3)c2c1. The smallest absolute Gasteiger partial charge is 0.115 e. The molecule has 0 fully saturated rings. The van der Waals surface area contributed by atoms with E-state index in [-0.39, 0.29) is 0 Å². The highest BCUT2D eigenvalue weighted by Gasteiger charge is 2.04. The third kappa shape index (κ3) is 1.19. The zero-order valence-electron chi connectivity index (χ0n) is 8.01. The maximum absolute atomic E-state index is 5.75. The summed E-state index contributed by atoms with van der Waals surface area (Å²) >= 11 is 0. The molecule has 3 N–H and O–H groups in total. The first-order valence-electron chi connectivity index (χ1n) is 4.71. The first-order valence-corrected chi connectivity index (χ1v) is 4.71. The molecule has 0 atom stereocenters. The van der Waals surface area contributed by atoms with Crippen molar-refractivity contribution in [3.8, 4) is 5.82 Å². The van der Waals surface area contributed by atoms with Crippen LogP contribution in [0.4, 0.5) is 5.69 Å². The second-order valence-electron chi connectivity index (χ2n) is 3.42. The molecule has 0 radical (unpaired) electrons. The van der Waals surface area contributed by atoms with E-state index in [1.807, 2.05) is 41.1 Å². The van der Waals surface area contributed by atoms with Gasteiger partial charge in [-0.3, -0.25) is 4.57 Å². The number of H-pyrrole nitrogens is 1. The molecule has 4 heteroatoms. The maximum atomic E-state index is 5.75. The molecule has 2 heterocycles. The van der Waals surface area contributed by atoms with Gasteiger partial charge in [-0.25, -0.2) is 4.98 Å². The number of fused-ring (bicyclic) bond motifs is 1. The van der Waals surface area contributed by atoms with Gasteiger partial charge in [-0.05, 0) is 30.3 Å². The van der Waals surface area contributed by atoms with E-state index in [1.54, 1.807) is 6.33 Å². The first kappa shape index (κ1) is 8.11. The molecule has 1 aromatic carbocycles. The lowest BCUT2D eigenvalue weighted by atomic mass is 10.3. The van der Waals surface area contributed by atoms with E-state index in [0.717, 1.165) is 22.5 Å². The molecule has 4 nitrogen and oxygen atoms in total. The molecule has 3 rings (SSSR count). The number of anilines is 1. The number of imidazole rings is 1. The molecule has 74 valence electrons. The molecule has 0 aliphatic rings. The Labute approximate surface area is 86.4 Å². The lowest BCUT2D eigenvalue weighted by Gasteiger charge is -2.00. The summed E-state index contributed by atoms with van der Waals surface area (Å²) in [7, 11) is 0. The van der Waals surface area contributed by atoms with Gasteiger partial charge in [0.05, 0.1) is 11.0 Å². The molecule has 0 amide bonds. The maximum Gasteiger partial charge on any atom is 0.115 e. The van der Waals surface area contributed by atoms with Gasteiger partial charge < -0.3 is 10.7 Å². The molecule has 0 bridgehead atoms. The lowest BCUT2D eigenvalue weighted by molar-refractivity contribution is 1.04. The standard InChI is InChI=1S/C11H10N4/c12-8-3-4-9-10(6-8)15(7-14-9)11-2-1-5-13-11/h1-7,13H,12H2. The van der Waals surface area contributed by atoms with Crippen molar-refractivity contribution in [3.05, 3.63) is 42.9 Å². The van der Waals surface area contributed by atoms with Crippen LogP contribution in [0.1, 0.15) is 0 Å². The third-order valence-electron chi connectivity index (χ3n) is 2.41. The number of hydrogen-bond acceptors (Lipinski definition) is 2. The van der Waals surface area contributed by atoms with E-state index in [4.69, 9.17) is 5.73 Å². The lowest BCUT2D eigenvalue weighted by Crippen LogP contribution is -1.92. The van der Waals surface area contributed by atoms with E-state index >= 15 is 0 Å². The van der Waals surface area contributed by atoms with Crippen LogP contribution < -0.4 is 5.73 Å². The number of hydrogen-bond donors (Lipinski definition) is 2.